The van der Waals surface area contributed by atoms with Crippen LogP contribution < -0.4 is 15.0 Å². The van der Waals surface area contributed by atoms with Crippen LogP contribution in [0.5, 0.6) is 5.75 Å². The molecule has 1 aromatic rings. The van der Waals surface area contributed by atoms with E-state index in [9.17, 15) is 4.79 Å². The van der Waals surface area contributed by atoms with E-state index in [1.54, 1.807) is 0 Å². The quantitative estimate of drug-likeness (QED) is 0.909. The lowest BCUT2D eigenvalue weighted by atomic mass is 10.2. The van der Waals surface area contributed by atoms with Crippen LogP contribution in [0.25, 0.3) is 0 Å². The zero-order chi connectivity index (χ0) is 15.9. The second kappa shape index (κ2) is 7.92. The summed E-state index contributed by atoms with van der Waals surface area (Å²) in [6.45, 7) is 10.7. The first-order valence-electron chi connectivity index (χ1n) is 8.11. The SMILES string of the molecule is CCOc1ccccc1N1CCN(C(=O)NCC(C)C)CC1. The molecule has 0 unspecified atom stereocenters. The maximum atomic E-state index is 12.1. The number of urea groups is 1. The topological polar surface area (TPSA) is 44.8 Å². The maximum Gasteiger partial charge on any atom is 0.317 e. The van der Waals surface area contributed by atoms with Crippen molar-refractivity contribution in [1.82, 2.24) is 10.2 Å². The average Bonchev–Trinajstić information content (AvgIpc) is 2.53. The fraction of sp³-hybridized carbons (Fsp3) is 0.588. The number of piperazine rings is 1. The molecular formula is C17H27N3O2. The van der Waals surface area contributed by atoms with Gasteiger partial charge in [-0.25, -0.2) is 4.79 Å². The fourth-order valence-electron chi connectivity index (χ4n) is 2.55. The number of ether oxygens (including phenoxy) is 1. The van der Waals surface area contributed by atoms with Gasteiger partial charge >= 0.3 is 6.03 Å². The summed E-state index contributed by atoms with van der Waals surface area (Å²) in [4.78, 5) is 16.3. The molecule has 0 atom stereocenters. The molecule has 0 aliphatic carbocycles. The van der Waals surface area contributed by atoms with E-state index < -0.39 is 0 Å². The summed E-state index contributed by atoms with van der Waals surface area (Å²) in [6.07, 6.45) is 0. The summed E-state index contributed by atoms with van der Waals surface area (Å²) < 4.78 is 5.69. The van der Waals surface area contributed by atoms with Gasteiger partial charge in [-0.1, -0.05) is 26.0 Å². The van der Waals surface area contributed by atoms with Crippen LogP contribution in [0.3, 0.4) is 0 Å². The third-order valence-corrected chi connectivity index (χ3v) is 3.73. The molecule has 1 saturated heterocycles. The standard InChI is InChI=1S/C17H27N3O2/c1-4-22-16-8-6-5-7-15(16)19-9-11-20(12-10-19)17(21)18-13-14(2)3/h5-8,14H,4,9-13H2,1-3H3,(H,18,21). The normalized spacial score (nSPS) is 15.1. The maximum absolute atomic E-state index is 12.1. The molecule has 122 valence electrons. The van der Waals surface area contributed by atoms with Gasteiger partial charge in [0.15, 0.2) is 0 Å². The van der Waals surface area contributed by atoms with Crippen molar-refractivity contribution >= 4 is 11.7 Å². The zero-order valence-corrected chi connectivity index (χ0v) is 13.8. The Balaban J connectivity index is 1.91. The van der Waals surface area contributed by atoms with Crippen LogP contribution in [0, 0.1) is 5.92 Å². The van der Waals surface area contributed by atoms with Crippen molar-refractivity contribution in [2.75, 3.05) is 44.2 Å². The first-order chi connectivity index (χ1) is 10.6. The third kappa shape index (κ3) is 4.29. The van der Waals surface area contributed by atoms with Gasteiger partial charge in [0.25, 0.3) is 0 Å². The molecule has 5 heteroatoms. The largest absolute Gasteiger partial charge is 0.492 e. The van der Waals surface area contributed by atoms with Gasteiger partial charge in [0, 0.05) is 32.7 Å². The Morgan fingerprint density at radius 1 is 1.23 bits per heavy atom. The number of amides is 2. The second-order valence-corrected chi connectivity index (χ2v) is 5.95. The Bertz CT molecular complexity index is 483. The molecule has 0 bridgehead atoms. The molecule has 1 fully saturated rings. The molecule has 0 saturated carbocycles. The lowest BCUT2D eigenvalue weighted by molar-refractivity contribution is 0.193. The number of benzene rings is 1. The van der Waals surface area contributed by atoms with Gasteiger partial charge < -0.3 is 19.9 Å². The number of hydrogen-bond donors (Lipinski definition) is 1. The molecule has 5 nitrogen and oxygen atoms in total. The molecule has 0 aromatic heterocycles. The van der Waals surface area contributed by atoms with Gasteiger partial charge in [-0.3, -0.25) is 0 Å². The van der Waals surface area contributed by atoms with Gasteiger partial charge in [0.1, 0.15) is 5.75 Å². The Morgan fingerprint density at radius 2 is 1.91 bits per heavy atom. The second-order valence-electron chi connectivity index (χ2n) is 5.95. The van der Waals surface area contributed by atoms with Crippen molar-refractivity contribution in [2.24, 2.45) is 5.92 Å². The molecule has 0 radical (unpaired) electrons. The van der Waals surface area contributed by atoms with Crippen molar-refractivity contribution in [3.63, 3.8) is 0 Å². The van der Waals surface area contributed by atoms with E-state index in [4.69, 9.17) is 4.74 Å². The number of nitrogens with zero attached hydrogens (tertiary/aromatic N) is 2. The van der Waals surface area contributed by atoms with E-state index >= 15 is 0 Å². The summed E-state index contributed by atoms with van der Waals surface area (Å²) in [5.74, 6) is 1.39. The molecule has 1 heterocycles. The van der Waals surface area contributed by atoms with Crippen LogP contribution in [0.4, 0.5) is 10.5 Å². The molecular weight excluding hydrogens is 278 g/mol. The summed E-state index contributed by atoms with van der Waals surface area (Å²) in [5, 5.41) is 2.98. The van der Waals surface area contributed by atoms with Crippen LogP contribution >= 0.6 is 0 Å². The molecule has 1 aliphatic rings. The molecule has 1 N–H and O–H groups in total. The molecule has 1 aliphatic heterocycles. The van der Waals surface area contributed by atoms with E-state index in [1.807, 2.05) is 30.0 Å². The first-order valence-corrected chi connectivity index (χ1v) is 8.11. The minimum Gasteiger partial charge on any atom is -0.492 e. The predicted octanol–water partition coefficient (Wildman–Crippen LogP) is 2.57. The summed E-state index contributed by atoms with van der Waals surface area (Å²) in [7, 11) is 0. The Morgan fingerprint density at radius 3 is 2.55 bits per heavy atom. The highest BCUT2D eigenvalue weighted by Gasteiger charge is 2.22. The highest BCUT2D eigenvalue weighted by Crippen LogP contribution is 2.28. The Hall–Kier alpha value is -1.91. The lowest BCUT2D eigenvalue weighted by Gasteiger charge is -2.36. The van der Waals surface area contributed by atoms with Gasteiger partial charge in [0.05, 0.1) is 12.3 Å². The predicted molar refractivity (Wildman–Crippen MR) is 89.6 cm³/mol. The van der Waals surface area contributed by atoms with Crippen LogP contribution in [0.1, 0.15) is 20.8 Å². The molecule has 22 heavy (non-hydrogen) atoms. The van der Waals surface area contributed by atoms with Gasteiger partial charge in [0.2, 0.25) is 0 Å². The lowest BCUT2D eigenvalue weighted by Crippen LogP contribution is -2.52. The minimum atomic E-state index is 0.0476. The van der Waals surface area contributed by atoms with E-state index in [0.29, 0.717) is 12.5 Å². The summed E-state index contributed by atoms with van der Waals surface area (Å²) in [6, 6.07) is 8.15. The van der Waals surface area contributed by atoms with Crippen molar-refractivity contribution in [2.45, 2.75) is 20.8 Å². The van der Waals surface area contributed by atoms with Crippen LogP contribution in [0.15, 0.2) is 24.3 Å². The van der Waals surface area contributed by atoms with E-state index in [0.717, 1.165) is 44.2 Å². The van der Waals surface area contributed by atoms with E-state index in [-0.39, 0.29) is 6.03 Å². The summed E-state index contributed by atoms with van der Waals surface area (Å²) in [5.41, 5.74) is 1.12. The van der Waals surface area contributed by atoms with Crippen molar-refractivity contribution in [3.8, 4) is 5.75 Å². The number of carbonyl (C=O) groups excluding carboxylic acids is 1. The van der Waals surface area contributed by atoms with E-state index in [2.05, 4.69) is 30.1 Å². The number of hydrogen-bond acceptors (Lipinski definition) is 3. The molecule has 0 spiro atoms. The number of anilines is 1. The number of rotatable bonds is 5. The van der Waals surface area contributed by atoms with Gasteiger partial charge in [-0.15, -0.1) is 0 Å². The average molecular weight is 305 g/mol. The monoisotopic (exact) mass is 305 g/mol. The molecule has 2 amide bonds. The third-order valence-electron chi connectivity index (χ3n) is 3.73. The van der Waals surface area contributed by atoms with Crippen LogP contribution in [0.2, 0.25) is 0 Å². The van der Waals surface area contributed by atoms with Crippen molar-refractivity contribution in [3.05, 3.63) is 24.3 Å². The zero-order valence-electron chi connectivity index (χ0n) is 13.8. The minimum absolute atomic E-state index is 0.0476. The van der Waals surface area contributed by atoms with Crippen molar-refractivity contribution < 1.29 is 9.53 Å². The Labute approximate surface area is 133 Å². The van der Waals surface area contributed by atoms with Gasteiger partial charge in [-0.2, -0.15) is 0 Å². The first kappa shape index (κ1) is 16.5. The smallest absolute Gasteiger partial charge is 0.317 e. The summed E-state index contributed by atoms with van der Waals surface area (Å²) >= 11 is 0. The highest BCUT2D eigenvalue weighted by atomic mass is 16.5. The number of para-hydroxylation sites is 2. The molecule has 2 rings (SSSR count). The highest BCUT2D eigenvalue weighted by molar-refractivity contribution is 5.74. The van der Waals surface area contributed by atoms with Gasteiger partial charge in [-0.05, 0) is 25.0 Å². The number of carbonyl (C=O) groups is 1. The van der Waals surface area contributed by atoms with E-state index in [1.165, 1.54) is 0 Å². The fourth-order valence-corrected chi connectivity index (χ4v) is 2.55. The van der Waals surface area contributed by atoms with Crippen LogP contribution in [-0.2, 0) is 0 Å². The van der Waals surface area contributed by atoms with Crippen molar-refractivity contribution in [1.29, 1.82) is 0 Å². The number of nitrogens with one attached hydrogen (secondary N) is 1. The van der Waals surface area contributed by atoms with Crippen LogP contribution in [-0.4, -0.2) is 50.3 Å². The Kier molecular flexibility index (Phi) is 5.92. The molecule has 1 aromatic carbocycles.